The Morgan fingerprint density at radius 2 is 2.36 bits per heavy atom. The number of nitrogens with one attached hydrogen (secondary N) is 1. The highest BCUT2D eigenvalue weighted by Gasteiger charge is 2.15. The minimum Gasteiger partial charge on any atom is -0.403 e. The molecule has 0 aliphatic carbocycles. The van der Waals surface area contributed by atoms with Gasteiger partial charge in [-0.25, -0.2) is 0 Å². The van der Waals surface area contributed by atoms with Crippen molar-refractivity contribution in [3.63, 3.8) is 0 Å². The number of nitrogens with two attached hydrogens (primary N) is 1. The molecule has 60 valence electrons. The van der Waals surface area contributed by atoms with Gasteiger partial charge in [0.15, 0.2) is 0 Å². The molecule has 0 fully saturated rings. The maximum Gasteiger partial charge on any atom is 0.148 e. The zero-order valence-electron chi connectivity index (χ0n) is 6.76. The molecule has 0 radical (unpaired) electrons. The molecule has 1 heterocycles. The summed E-state index contributed by atoms with van der Waals surface area (Å²) in [6.45, 7) is 2.64. The predicted molar refractivity (Wildman–Crippen MR) is 45.7 cm³/mol. The van der Waals surface area contributed by atoms with Gasteiger partial charge in [0, 0.05) is 19.0 Å². The number of nitrogens with zero attached hydrogens (tertiary/aromatic N) is 2. The van der Waals surface area contributed by atoms with Gasteiger partial charge in [-0.3, -0.25) is 10.4 Å². The maximum atomic E-state index is 7.51. The highest BCUT2D eigenvalue weighted by atomic mass is 15.2. The van der Waals surface area contributed by atoms with Crippen molar-refractivity contribution in [2.45, 2.75) is 6.92 Å². The topological polar surface area (TPSA) is 65.5 Å². The van der Waals surface area contributed by atoms with Crippen molar-refractivity contribution in [2.75, 3.05) is 13.6 Å². The van der Waals surface area contributed by atoms with Crippen molar-refractivity contribution < 1.29 is 0 Å². The molecule has 0 unspecified atom stereocenters. The Morgan fingerprint density at radius 1 is 1.73 bits per heavy atom. The third kappa shape index (κ3) is 1.39. The molecule has 4 nitrogen and oxygen atoms in total. The Kier molecular flexibility index (Phi) is 1.94. The molecule has 0 bridgehead atoms. The summed E-state index contributed by atoms with van der Waals surface area (Å²) < 4.78 is 0. The SMILES string of the molecule is CC1=NC(=CN)C(=N)N(C)C1. The van der Waals surface area contributed by atoms with E-state index in [1.165, 1.54) is 6.20 Å². The second-order valence-corrected chi connectivity index (χ2v) is 2.60. The molecule has 1 rings (SSSR count). The fourth-order valence-electron chi connectivity index (χ4n) is 1.03. The van der Waals surface area contributed by atoms with Gasteiger partial charge in [0.25, 0.3) is 0 Å². The van der Waals surface area contributed by atoms with Gasteiger partial charge in [0.05, 0.1) is 6.54 Å². The van der Waals surface area contributed by atoms with E-state index in [0.717, 1.165) is 12.3 Å². The van der Waals surface area contributed by atoms with E-state index in [-0.39, 0.29) is 0 Å². The third-order valence-electron chi connectivity index (χ3n) is 1.56. The Hall–Kier alpha value is -1.32. The number of hydrogen-bond acceptors (Lipinski definition) is 3. The smallest absolute Gasteiger partial charge is 0.148 e. The van der Waals surface area contributed by atoms with Crippen LogP contribution < -0.4 is 5.73 Å². The molecule has 0 aromatic heterocycles. The highest BCUT2D eigenvalue weighted by Crippen LogP contribution is 2.07. The first-order chi connectivity index (χ1) is 5.15. The summed E-state index contributed by atoms with van der Waals surface area (Å²) in [5, 5.41) is 7.51. The number of aliphatic imine (C=N–C) groups is 1. The van der Waals surface area contributed by atoms with Crippen LogP contribution in [0.15, 0.2) is 16.9 Å². The van der Waals surface area contributed by atoms with Crippen LogP contribution in [-0.4, -0.2) is 30.0 Å². The molecule has 0 saturated carbocycles. The van der Waals surface area contributed by atoms with E-state index in [1.807, 2.05) is 14.0 Å². The Morgan fingerprint density at radius 3 is 2.91 bits per heavy atom. The molecule has 4 heteroatoms. The summed E-state index contributed by atoms with van der Waals surface area (Å²) in [4.78, 5) is 5.93. The molecule has 0 saturated heterocycles. The normalized spacial score (nSPS) is 22.4. The van der Waals surface area contributed by atoms with Crippen molar-refractivity contribution in [2.24, 2.45) is 10.7 Å². The van der Waals surface area contributed by atoms with Crippen molar-refractivity contribution in [1.29, 1.82) is 5.41 Å². The van der Waals surface area contributed by atoms with Gasteiger partial charge >= 0.3 is 0 Å². The van der Waals surface area contributed by atoms with Crippen LogP contribution in [0.4, 0.5) is 0 Å². The van der Waals surface area contributed by atoms with Crippen LogP contribution in [0, 0.1) is 5.41 Å². The molecule has 1 aliphatic heterocycles. The number of hydrogen-bond donors (Lipinski definition) is 2. The van der Waals surface area contributed by atoms with E-state index in [4.69, 9.17) is 11.1 Å². The predicted octanol–water partition coefficient (Wildman–Crippen LogP) is 0.170. The second-order valence-electron chi connectivity index (χ2n) is 2.60. The van der Waals surface area contributed by atoms with Crippen molar-refractivity contribution in [3.05, 3.63) is 11.9 Å². The van der Waals surface area contributed by atoms with Crippen molar-refractivity contribution in [1.82, 2.24) is 4.90 Å². The molecule has 0 atom stereocenters. The van der Waals surface area contributed by atoms with Crippen molar-refractivity contribution >= 4 is 11.5 Å². The average molecular weight is 152 g/mol. The number of amidine groups is 1. The summed E-state index contributed by atoms with van der Waals surface area (Å²) in [5.41, 5.74) is 6.82. The Bertz CT molecular complexity index is 239. The van der Waals surface area contributed by atoms with Crippen LogP contribution in [0.3, 0.4) is 0 Å². The van der Waals surface area contributed by atoms with Crippen LogP contribution in [-0.2, 0) is 0 Å². The average Bonchev–Trinajstić information content (AvgIpc) is 1.96. The van der Waals surface area contributed by atoms with E-state index >= 15 is 0 Å². The summed E-state index contributed by atoms with van der Waals surface area (Å²) in [5.74, 6) is 0.387. The first-order valence-corrected chi connectivity index (χ1v) is 3.41. The third-order valence-corrected chi connectivity index (χ3v) is 1.56. The largest absolute Gasteiger partial charge is 0.403 e. The Balaban J connectivity index is 2.97. The van der Waals surface area contributed by atoms with Crippen LogP contribution in [0.5, 0.6) is 0 Å². The fourth-order valence-corrected chi connectivity index (χ4v) is 1.03. The highest BCUT2D eigenvalue weighted by molar-refractivity contribution is 6.03. The molecule has 0 amide bonds. The van der Waals surface area contributed by atoms with Crippen molar-refractivity contribution in [3.8, 4) is 0 Å². The molecule has 0 aromatic carbocycles. The molecular weight excluding hydrogens is 140 g/mol. The fraction of sp³-hybridized carbons (Fsp3) is 0.429. The van der Waals surface area contributed by atoms with E-state index in [9.17, 15) is 0 Å². The van der Waals surface area contributed by atoms with E-state index in [1.54, 1.807) is 4.90 Å². The van der Waals surface area contributed by atoms with Gasteiger partial charge in [-0.15, -0.1) is 0 Å². The lowest BCUT2D eigenvalue weighted by atomic mass is 10.2. The molecule has 11 heavy (non-hydrogen) atoms. The minimum absolute atomic E-state index is 0.387. The quantitative estimate of drug-likeness (QED) is 0.519. The number of likely N-dealkylation sites (N-methyl/N-ethyl adjacent to an activating group) is 1. The monoisotopic (exact) mass is 152 g/mol. The standard InChI is InChI=1S/C7H12N4/c1-5-4-11(2)7(9)6(3-8)10-5/h3,9H,4,8H2,1-2H3. The lowest BCUT2D eigenvalue weighted by molar-refractivity contribution is 0.565. The summed E-state index contributed by atoms with van der Waals surface area (Å²) >= 11 is 0. The maximum absolute atomic E-state index is 7.51. The van der Waals surface area contributed by atoms with E-state index in [2.05, 4.69) is 4.99 Å². The van der Waals surface area contributed by atoms with Crippen LogP contribution >= 0.6 is 0 Å². The van der Waals surface area contributed by atoms with Gasteiger partial charge in [-0.2, -0.15) is 0 Å². The first-order valence-electron chi connectivity index (χ1n) is 3.41. The molecule has 0 aromatic rings. The van der Waals surface area contributed by atoms with E-state index in [0.29, 0.717) is 11.5 Å². The zero-order chi connectivity index (χ0) is 8.43. The molecule has 0 spiro atoms. The minimum atomic E-state index is 0.387. The van der Waals surface area contributed by atoms with Crippen LogP contribution in [0.2, 0.25) is 0 Å². The Labute approximate surface area is 65.9 Å². The molecular formula is C7H12N4. The van der Waals surface area contributed by atoms with Gasteiger partial charge in [-0.05, 0) is 6.92 Å². The summed E-state index contributed by atoms with van der Waals surface area (Å²) in [6, 6.07) is 0. The van der Waals surface area contributed by atoms with Gasteiger partial charge in [0.1, 0.15) is 11.5 Å². The summed E-state index contributed by atoms with van der Waals surface area (Å²) in [6.07, 6.45) is 1.36. The lowest BCUT2D eigenvalue weighted by Crippen LogP contribution is -2.35. The number of rotatable bonds is 0. The second kappa shape index (κ2) is 2.74. The lowest BCUT2D eigenvalue weighted by Gasteiger charge is -2.24. The first kappa shape index (κ1) is 7.78. The van der Waals surface area contributed by atoms with Gasteiger partial charge in [-0.1, -0.05) is 0 Å². The zero-order valence-corrected chi connectivity index (χ0v) is 6.76. The molecule has 1 aliphatic rings. The van der Waals surface area contributed by atoms with Gasteiger partial charge < -0.3 is 10.6 Å². The molecule has 3 N–H and O–H groups in total. The van der Waals surface area contributed by atoms with Crippen LogP contribution in [0.1, 0.15) is 6.92 Å². The van der Waals surface area contributed by atoms with Gasteiger partial charge in [0.2, 0.25) is 0 Å². The van der Waals surface area contributed by atoms with Crippen LogP contribution in [0.25, 0.3) is 0 Å². The summed E-state index contributed by atoms with van der Waals surface area (Å²) in [7, 11) is 1.85. The van der Waals surface area contributed by atoms with E-state index < -0.39 is 0 Å².